The molecule has 3 N–H and O–H groups in total. The van der Waals surface area contributed by atoms with Crippen LogP contribution in [0.2, 0.25) is 10.0 Å². The lowest BCUT2D eigenvalue weighted by atomic mass is 10.2. The molecule has 90 valence electrons. The zero-order valence-corrected chi connectivity index (χ0v) is 10.5. The molecule has 16 heavy (non-hydrogen) atoms. The topological polar surface area (TPSA) is 44.3 Å². The minimum Gasteiger partial charge on any atom is -0.395 e. The van der Waals surface area contributed by atoms with Crippen LogP contribution in [0.15, 0.2) is 18.2 Å². The first kappa shape index (κ1) is 13.7. The fraction of sp³-hybridized carbons (Fsp3) is 0.455. The number of aliphatic hydroxyl groups excluding tert-OH is 1. The molecule has 5 heteroatoms. The van der Waals surface area contributed by atoms with Crippen LogP contribution in [-0.2, 0) is 6.54 Å². The number of aliphatic hydroxyl groups is 1. The monoisotopic (exact) mass is 262 g/mol. The second-order valence-corrected chi connectivity index (χ2v) is 4.15. The minimum absolute atomic E-state index is 0.167. The molecule has 0 bridgehead atoms. The Morgan fingerprint density at radius 2 is 1.81 bits per heavy atom. The molecule has 0 aromatic heterocycles. The van der Waals surface area contributed by atoms with E-state index in [1.165, 1.54) is 0 Å². The Hall–Kier alpha value is -0.320. The smallest absolute Gasteiger partial charge is 0.0637 e. The molecule has 0 spiro atoms. The quantitative estimate of drug-likeness (QED) is 0.656. The number of hydrogen-bond acceptors (Lipinski definition) is 3. The molecule has 1 aromatic carbocycles. The molecule has 1 aromatic rings. The molecule has 0 unspecified atom stereocenters. The molecular weight excluding hydrogens is 247 g/mol. The summed E-state index contributed by atoms with van der Waals surface area (Å²) >= 11 is 11.9. The van der Waals surface area contributed by atoms with Gasteiger partial charge in [-0.3, -0.25) is 0 Å². The van der Waals surface area contributed by atoms with E-state index in [4.69, 9.17) is 28.3 Å². The Kier molecular flexibility index (Phi) is 6.76. The molecule has 3 nitrogen and oxygen atoms in total. The zero-order valence-electron chi connectivity index (χ0n) is 8.97. The van der Waals surface area contributed by atoms with E-state index < -0.39 is 0 Å². The molecule has 0 saturated heterocycles. The van der Waals surface area contributed by atoms with Crippen LogP contribution in [0, 0.1) is 0 Å². The van der Waals surface area contributed by atoms with Crippen LogP contribution in [0.3, 0.4) is 0 Å². The lowest BCUT2D eigenvalue weighted by molar-refractivity contribution is 0.292. The SMILES string of the molecule is OCCNCCNCc1cccc(Cl)c1Cl. The molecule has 1 rings (SSSR count). The molecular formula is C11H16Cl2N2O. The van der Waals surface area contributed by atoms with Crippen molar-refractivity contribution in [2.45, 2.75) is 6.54 Å². The summed E-state index contributed by atoms with van der Waals surface area (Å²) in [5, 5.41) is 16.1. The van der Waals surface area contributed by atoms with E-state index in [0.29, 0.717) is 23.1 Å². The van der Waals surface area contributed by atoms with Gasteiger partial charge in [0.25, 0.3) is 0 Å². The Labute approximate surface area is 106 Å². The van der Waals surface area contributed by atoms with Gasteiger partial charge in [0.15, 0.2) is 0 Å². The van der Waals surface area contributed by atoms with Crippen LogP contribution in [0.5, 0.6) is 0 Å². The Morgan fingerprint density at radius 1 is 1.06 bits per heavy atom. The molecule has 0 aliphatic heterocycles. The zero-order chi connectivity index (χ0) is 11.8. The Morgan fingerprint density at radius 3 is 2.56 bits per heavy atom. The van der Waals surface area contributed by atoms with E-state index >= 15 is 0 Å². The normalized spacial score (nSPS) is 10.7. The first-order valence-corrected chi connectivity index (χ1v) is 5.96. The van der Waals surface area contributed by atoms with Gasteiger partial charge in [-0.25, -0.2) is 0 Å². The second-order valence-electron chi connectivity index (χ2n) is 3.36. The summed E-state index contributed by atoms with van der Waals surface area (Å²) in [4.78, 5) is 0. The van der Waals surface area contributed by atoms with Crippen LogP contribution >= 0.6 is 23.2 Å². The van der Waals surface area contributed by atoms with Crippen molar-refractivity contribution >= 4 is 23.2 Å². The summed E-state index contributed by atoms with van der Waals surface area (Å²) < 4.78 is 0. The second kappa shape index (κ2) is 7.87. The summed E-state index contributed by atoms with van der Waals surface area (Å²) in [5.74, 6) is 0. The average molecular weight is 263 g/mol. The van der Waals surface area contributed by atoms with Crippen molar-refractivity contribution in [3.8, 4) is 0 Å². The fourth-order valence-electron chi connectivity index (χ4n) is 1.29. The highest BCUT2D eigenvalue weighted by Crippen LogP contribution is 2.25. The van der Waals surface area contributed by atoms with E-state index in [1.54, 1.807) is 6.07 Å². The molecule has 0 amide bonds. The highest BCUT2D eigenvalue weighted by molar-refractivity contribution is 6.42. The molecule has 0 radical (unpaired) electrons. The Bertz CT molecular complexity index is 321. The summed E-state index contributed by atoms with van der Waals surface area (Å²) in [6, 6.07) is 5.60. The molecule has 0 fully saturated rings. The Balaban J connectivity index is 2.24. The van der Waals surface area contributed by atoms with Crippen molar-refractivity contribution in [1.82, 2.24) is 10.6 Å². The maximum atomic E-state index is 8.55. The van der Waals surface area contributed by atoms with Gasteiger partial charge in [-0.2, -0.15) is 0 Å². The van der Waals surface area contributed by atoms with Crippen LogP contribution < -0.4 is 10.6 Å². The van der Waals surface area contributed by atoms with Crippen molar-refractivity contribution in [1.29, 1.82) is 0 Å². The van der Waals surface area contributed by atoms with Gasteiger partial charge >= 0.3 is 0 Å². The third-order valence-electron chi connectivity index (χ3n) is 2.11. The number of hydrogen-bond donors (Lipinski definition) is 3. The number of nitrogens with one attached hydrogen (secondary N) is 2. The minimum atomic E-state index is 0.167. The summed E-state index contributed by atoms with van der Waals surface area (Å²) in [5.41, 5.74) is 0.997. The molecule has 0 aliphatic rings. The molecule has 0 saturated carbocycles. The van der Waals surface area contributed by atoms with Crippen LogP contribution in [0.4, 0.5) is 0 Å². The third kappa shape index (κ3) is 4.68. The summed E-state index contributed by atoms with van der Waals surface area (Å²) in [6.45, 7) is 3.13. The first-order chi connectivity index (χ1) is 7.75. The lowest BCUT2D eigenvalue weighted by Crippen LogP contribution is -2.28. The van der Waals surface area contributed by atoms with Crippen molar-refractivity contribution in [2.75, 3.05) is 26.2 Å². The van der Waals surface area contributed by atoms with Gasteiger partial charge in [0, 0.05) is 26.2 Å². The van der Waals surface area contributed by atoms with Gasteiger partial charge < -0.3 is 15.7 Å². The maximum Gasteiger partial charge on any atom is 0.0637 e. The van der Waals surface area contributed by atoms with Crippen molar-refractivity contribution < 1.29 is 5.11 Å². The summed E-state index contributed by atoms with van der Waals surface area (Å²) in [6.07, 6.45) is 0. The highest BCUT2D eigenvalue weighted by Gasteiger charge is 2.02. The number of rotatable bonds is 7. The predicted molar refractivity (Wildman–Crippen MR) is 68.1 cm³/mol. The van der Waals surface area contributed by atoms with Crippen LogP contribution in [0.1, 0.15) is 5.56 Å². The van der Waals surface area contributed by atoms with Gasteiger partial charge in [-0.1, -0.05) is 35.3 Å². The van der Waals surface area contributed by atoms with E-state index in [0.717, 1.165) is 18.7 Å². The number of halogens is 2. The maximum absolute atomic E-state index is 8.55. The average Bonchev–Trinajstić information content (AvgIpc) is 2.29. The van der Waals surface area contributed by atoms with E-state index in [1.807, 2.05) is 12.1 Å². The number of benzene rings is 1. The standard InChI is InChI=1S/C11H16Cl2N2O/c12-10-3-1-2-9(11(10)13)8-15-5-4-14-6-7-16/h1-3,14-16H,4-8H2. The van der Waals surface area contributed by atoms with E-state index in [9.17, 15) is 0 Å². The molecule has 0 aliphatic carbocycles. The van der Waals surface area contributed by atoms with Gasteiger partial charge in [-0.15, -0.1) is 0 Å². The van der Waals surface area contributed by atoms with Gasteiger partial charge in [0.05, 0.1) is 16.7 Å². The van der Waals surface area contributed by atoms with Crippen molar-refractivity contribution in [3.05, 3.63) is 33.8 Å². The van der Waals surface area contributed by atoms with Crippen molar-refractivity contribution in [2.24, 2.45) is 0 Å². The van der Waals surface area contributed by atoms with Crippen molar-refractivity contribution in [3.63, 3.8) is 0 Å². The largest absolute Gasteiger partial charge is 0.395 e. The third-order valence-corrected chi connectivity index (χ3v) is 2.97. The van der Waals surface area contributed by atoms with Gasteiger partial charge in [-0.05, 0) is 11.6 Å². The fourth-order valence-corrected chi connectivity index (χ4v) is 1.68. The first-order valence-electron chi connectivity index (χ1n) is 5.21. The molecule has 0 atom stereocenters. The van der Waals surface area contributed by atoms with Gasteiger partial charge in [0.2, 0.25) is 0 Å². The van der Waals surface area contributed by atoms with E-state index in [-0.39, 0.29) is 6.61 Å². The molecule has 0 heterocycles. The predicted octanol–water partition coefficient (Wildman–Crippen LogP) is 1.66. The lowest BCUT2D eigenvalue weighted by Gasteiger charge is -2.08. The van der Waals surface area contributed by atoms with Gasteiger partial charge in [0.1, 0.15) is 0 Å². The highest BCUT2D eigenvalue weighted by atomic mass is 35.5. The van der Waals surface area contributed by atoms with Crippen LogP contribution in [0.25, 0.3) is 0 Å². The van der Waals surface area contributed by atoms with E-state index in [2.05, 4.69) is 10.6 Å². The van der Waals surface area contributed by atoms with Crippen LogP contribution in [-0.4, -0.2) is 31.3 Å². The summed E-state index contributed by atoms with van der Waals surface area (Å²) in [7, 11) is 0.